The molecule has 3 aromatic rings. The normalized spacial score (nSPS) is 19.6. The number of sulfonamides is 1. The van der Waals surface area contributed by atoms with Crippen molar-refractivity contribution in [2.24, 2.45) is 5.92 Å². The molecule has 2 aliphatic rings. The van der Waals surface area contributed by atoms with Crippen molar-refractivity contribution in [2.45, 2.75) is 30.6 Å². The number of anilines is 2. The van der Waals surface area contributed by atoms with Gasteiger partial charge in [-0.1, -0.05) is 18.2 Å². The van der Waals surface area contributed by atoms with Crippen molar-refractivity contribution < 1.29 is 13.2 Å². The van der Waals surface area contributed by atoms with E-state index in [4.69, 9.17) is 4.98 Å². The van der Waals surface area contributed by atoms with E-state index in [0.29, 0.717) is 24.5 Å². The highest BCUT2D eigenvalue weighted by molar-refractivity contribution is 7.89. The van der Waals surface area contributed by atoms with Crippen LogP contribution in [0, 0.1) is 5.92 Å². The van der Waals surface area contributed by atoms with Crippen LogP contribution >= 0.6 is 0 Å². The molecule has 1 N–H and O–H groups in total. The maximum atomic E-state index is 12.9. The number of para-hydroxylation sites is 1. The third-order valence-electron chi connectivity index (χ3n) is 6.51. The van der Waals surface area contributed by atoms with Crippen LogP contribution in [-0.4, -0.2) is 49.8 Å². The molecule has 2 aromatic carbocycles. The lowest BCUT2D eigenvalue weighted by Gasteiger charge is -2.33. The number of nitrogens with zero attached hydrogens (tertiary/aromatic N) is 3. The molecule has 1 aromatic heterocycles. The summed E-state index contributed by atoms with van der Waals surface area (Å²) in [5.41, 5.74) is 1.56. The fraction of sp³-hybridized carbons (Fsp3) is 0.360. The molecule has 2 fully saturated rings. The molecule has 172 valence electrons. The van der Waals surface area contributed by atoms with E-state index >= 15 is 0 Å². The Hall–Kier alpha value is -2.97. The Bertz CT molecular complexity index is 1260. The fourth-order valence-corrected chi connectivity index (χ4v) is 6.23. The van der Waals surface area contributed by atoms with E-state index < -0.39 is 10.0 Å². The molecule has 0 unspecified atom stereocenters. The molecule has 0 bridgehead atoms. The summed E-state index contributed by atoms with van der Waals surface area (Å²) in [4.78, 5) is 20.0. The van der Waals surface area contributed by atoms with Gasteiger partial charge in [0.05, 0.1) is 16.3 Å². The number of hydrogen-bond donors (Lipinski definition) is 1. The second kappa shape index (κ2) is 9.11. The number of pyridine rings is 1. The van der Waals surface area contributed by atoms with Crippen LogP contribution in [0.4, 0.5) is 11.5 Å². The maximum Gasteiger partial charge on any atom is 0.243 e. The minimum atomic E-state index is -3.45. The van der Waals surface area contributed by atoms with Crippen molar-refractivity contribution >= 4 is 38.3 Å². The molecule has 8 heteroatoms. The monoisotopic (exact) mass is 464 g/mol. The van der Waals surface area contributed by atoms with Crippen LogP contribution in [0.5, 0.6) is 0 Å². The van der Waals surface area contributed by atoms with Crippen LogP contribution in [0.1, 0.15) is 25.7 Å². The summed E-state index contributed by atoms with van der Waals surface area (Å²) >= 11 is 0. The van der Waals surface area contributed by atoms with E-state index in [1.165, 1.54) is 0 Å². The van der Waals surface area contributed by atoms with Gasteiger partial charge in [-0.3, -0.25) is 4.79 Å². The molecule has 33 heavy (non-hydrogen) atoms. The molecule has 0 spiro atoms. The number of carbonyl (C=O) groups is 1. The summed E-state index contributed by atoms with van der Waals surface area (Å²) in [5, 5.41) is 3.81. The van der Waals surface area contributed by atoms with Crippen molar-refractivity contribution in [2.75, 3.05) is 36.4 Å². The topological polar surface area (TPSA) is 82.6 Å². The Labute approximate surface area is 194 Å². The van der Waals surface area contributed by atoms with Crippen LogP contribution in [0.2, 0.25) is 0 Å². The number of rotatable bonds is 5. The van der Waals surface area contributed by atoms with Crippen LogP contribution in [0.15, 0.2) is 65.6 Å². The first-order valence-corrected chi connectivity index (χ1v) is 13.0. The molecule has 0 radical (unpaired) electrons. The van der Waals surface area contributed by atoms with Crippen LogP contribution < -0.4 is 10.2 Å². The van der Waals surface area contributed by atoms with Gasteiger partial charge >= 0.3 is 0 Å². The average Bonchev–Trinajstić information content (AvgIpc) is 3.40. The van der Waals surface area contributed by atoms with Crippen LogP contribution in [0.3, 0.4) is 0 Å². The minimum absolute atomic E-state index is 0.0310. The summed E-state index contributed by atoms with van der Waals surface area (Å²) in [6.07, 6.45) is 3.59. The van der Waals surface area contributed by atoms with Crippen LogP contribution in [0.25, 0.3) is 10.9 Å². The zero-order valence-corrected chi connectivity index (χ0v) is 19.3. The van der Waals surface area contributed by atoms with E-state index in [2.05, 4.69) is 10.2 Å². The van der Waals surface area contributed by atoms with E-state index in [9.17, 15) is 13.2 Å². The van der Waals surface area contributed by atoms with Gasteiger partial charge < -0.3 is 10.2 Å². The lowest BCUT2D eigenvalue weighted by molar-refractivity contribution is -0.120. The van der Waals surface area contributed by atoms with Gasteiger partial charge in [-0.15, -0.1) is 0 Å². The zero-order chi connectivity index (χ0) is 22.8. The molecule has 1 atom stereocenters. The van der Waals surface area contributed by atoms with Gasteiger partial charge in [0, 0.05) is 37.3 Å². The second-order valence-electron chi connectivity index (χ2n) is 8.78. The average molecular weight is 465 g/mol. The summed E-state index contributed by atoms with van der Waals surface area (Å²) in [6.45, 7) is 2.63. The lowest BCUT2D eigenvalue weighted by atomic mass is 9.97. The molecule has 2 saturated heterocycles. The number of aromatic nitrogens is 1. The molecule has 1 amide bonds. The van der Waals surface area contributed by atoms with Crippen LogP contribution in [-0.2, 0) is 14.8 Å². The molecule has 7 nitrogen and oxygen atoms in total. The smallest absolute Gasteiger partial charge is 0.243 e. The van der Waals surface area contributed by atoms with E-state index in [1.807, 2.05) is 42.5 Å². The molecule has 3 heterocycles. The number of hydrogen-bond acceptors (Lipinski definition) is 5. The Morgan fingerprint density at radius 2 is 1.73 bits per heavy atom. The van der Waals surface area contributed by atoms with E-state index in [-0.39, 0.29) is 11.8 Å². The number of carbonyl (C=O) groups excluding carboxylic acids is 1. The molecular weight excluding hydrogens is 436 g/mol. The number of amides is 1. The highest BCUT2D eigenvalue weighted by atomic mass is 32.2. The van der Waals surface area contributed by atoms with Crippen molar-refractivity contribution in [1.82, 2.24) is 9.29 Å². The molecule has 2 aliphatic heterocycles. The third-order valence-corrected chi connectivity index (χ3v) is 8.40. The Morgan fingerprint density at radius 3 is 2.52 bits per heavy atom. The van der Waals surface area contributed by atoms with Gasteiger partial charge in [-0.05, 0) is 68.1 Å². The third kappa shape index (κ3) is 4.58. The first-order valence-electron chi connectivity index (χ1n) is 11.5. The molecule has 5 rings (SSSR count). The number of benzene rings is 2. The fourth-order valence-electron chi connectivity index (χ4n) is 4.67. The lowest BCUT2D eigenvalue weighted by Crippen LogP contribution is -2.41. The van der Waals surface area contributed by atoms with Crippen molar-refractivity contribution in [3.8, 4) is 0 Å². The number of piperidine rings is 1. The van der Waals surface area contributed by atoms with Gasteiger partial charge in [-0.25, -0.2) is 13.4 Å². The molecular formula is C25H28N4O3S. The highest BCUT2D eigenvalue weighted by Crippen LogP contribution is 2.28. The highest BCUT2D eigenvalue weighted by Gasteiger charge is 2.28. The van der Waals surface area contributed by atoms with E-state index in [0.717, 1.165) is 54.6 Å². The first-order chi connectivity index (χ1) is 16.0. The van der Waals surface area contributed by atoms with Gasteiger partial charge in [0.25, 0.3) is 0 Å². The van der Waals surface area contributed by atoms with Gasteiger partial charge in [0.2, 0.25) is 15.9 Å². The maximum absolute atomic E-state index is 12.9. The standard InChI is InChI=1S/C25H28N4O3S/c30-25(26-21-8-2-1-3-9-21)20-7-6-14-28(18-20)24-13-10-19-17-22(11-12-23(19)27-24)33(31,32)29-15-4-5-16-29/h1-3,8-13,17,20H,4-7,14-16,18H2,(H,26,30)/t20-/m0/s1. The van der Waals surface area contributed by atoms with Gasteiger partial charge in [0.1, 0.15) is 5.82 Å². The largest absolute Gasteiger partial charge is 0.356 e. The quantitative estimate of drug-likeness (QED) is 0.620. The minimum Gasteiger partial charge on any atom is -0.356 e. The van der Waals surface area contributed by atoms with E-state index in [1.54, 1.807) is 22.5 Å². The first kappa shape index (κ1) is 21.9. The Morgan fingerprint density at radius 1 is 0.939 bits per heavy atom. The summed E-state index contributed by atoms with van der Waals surface area (Å²) in [5.74, 6) is 0.739. The Balaban J connectivity index is 1.32. The van der Waals surface area contributed by atoms with Crippen molar-refractivity contribution in [3.05, 3.63) is 60.7 Å². The SMILES string of the molecule is O=C(Nc1ccccc1)[C@H]1CCCN(c2ccc3cc(S(=O)(=O)N4CCCC4)ccc3n2)C1. The second-order valence-corrected chi connectivity index (χ2v) is 10.7. The zero-order valence-electron chi connectivity index (χ0n) is 18.5. The molecule has 0 saturated carbocycles. The van der Waals surface area contributed by atoms with Gasteiger partial charge in [-0.2, -0.15) is 4.31 Å². The summed E-state index contributed by atoms with van der Waals surface area (Å²) < 4.78 is 27.3. The predicted molar refractivity (Wildman–Crippen MR) is 130 cm³/mol. The van der Waals surface area contributed by atoms with Crippen molar-refractivity contribution in [3.63, 3.8) is 0 Å². The summed E-state index contributed by atoms with van der Waals surface area (Å²) in [6, 6.07) is 18.5. The predicted octanol–water partition coefficient (Wildman–Crippen LogP) is 3.87. The number of nitrogens with one attached hydrogen (secondary N) is 1. The Kier molecular flexibility index (Phi) is 6.03. The van der Waals surface area contributed by atoms with Crippen molar-refractivity contribution in [1.29, 1.82) is 0 Å². The number of fused-ring (bicyclic) bond motifs is 1. The summed E-state index contributed by atoms with van der Waals surface area (Å²) in [7, 11) is -3.45. The van der Waals surface area contributed by atoms with Gasteiger partial charge in [0.15, 0.2) is 0 Å². The molecule has 0 aliphatic carbocycles.